The van der Waals surface area contributed by atoms with E-state index in [1.165, 1.54) is 16.8 Å². The summed E-state index contributed by atoms with van der Waals surface area (Å²) in [6.45, 7) is 6.19. The van der Waals surface area contributed by atoms with Gasteiger partial charge in [0, 0.05) is 12.6 Å². The lowest BCUT2D eigenvalue weighted by atomic mass is 9.88. The van der Waals surface area contributed by atoms with Crippen molar-refractivity contribution in [2.45, 2.75) is 26.3 Å². The van der Waals surface area contributed by atoms with Crippen molar-refractivity contribution >= 4 is 5.91 Å². The molecule has 1 unspecified atom stereocenters. The number of rotatable bonds is 5. The van der Waals surface area contributed by atoms with Gasteiger partial charge < -0.3 is 11.1 Å². The van der Waals surface area contributed by atoms with Crippen molar-refractivity contribution in [3.63, 3.8) is 0 Å². The molecule has 2 aromatic rings. The Kier molecular flexibility index (Phi) is 4.95. The molecule has 0 fully saturated rings. The zero-order valence-electron chi connectivity index (χ0n) is 13.6. The molecule has 1 amide bonds. The van der Waals surface area contributed by atoms with Gasteiger partial charge in [0.05, 0.1) is 11.2 Å². The first-order chi connectivity index (χ1) is 10.9. The summed E-state index contributed by atoms with van der Waals surface area (Å²) in [5.74, 6) is -0.187. The number of carbonyl (C=O) groups excluding carboxylic acids is 1. The van der Waals surface area contributed by atoms with Crippen LogP contribution in [0.4, 0.5) is 0 Å². The second kappa shape index (κ2) is 6.75. The van der Waals surface area contributed by atoms with Crippen molar-refractivity contribution < 1.29 is 4.79 Å². The van der Waals surface area contributed by atoms with E-state index in [0.29, 0.717) is 12.2 Å². The Balaban J connectivity index is 2.35. The third-order valence-electron chi connectivity index (χ3n) is 4.13. The van der Waals surface area contributed by atoms with Crippen molar-refractivity contribution in [1.29, 1.82) is 0 Å². The monoisotopic (exact) mass is 314 g/mol. The van der Waals surface area contributed by atoms with Crippen LogP contribution in [0.15, 0.2) is 47.3 Å². The van der Waals surface area contributed by atoms with E-state index in [2.05, 4.69) is 10.4 Å². The Morgan fingerprint density at radius 3 is 2.48 bits per heavy atom. The normalized spacial score (nSPS) is 13.6. The van der Waals surface area contributed by atoms with Gasteiger partial charge >= 0.3 is 0 Å². The molecule has 1 heterocycles. The number of benzene rings is 1. The van der Waals surface area contributed by atoms with E-state index in [1.807, 2.05) is 26.8 Å². The van der Waals surface area contributed by atoms with Gasteiger partial charge in [0.25, 0.3) is 11.5 Å². The first-order valence-electron chi connectivity index (χ1n) is 7.56. The van der Waals surface area contributed by atoms with E-state index in [9.17, 15) is 9.59 Å². The summed E-state index contributed by atoms with van der Waals surface area (Å²) in [5.41, 5.74) is 5.74. The third kappa shape index (κ3) is 3.65. The van der Waals surface area contributed by atoms with Crippen LogP contribution in [0.1, 0.15) is 31.3 Å². The predicted molar refractivity (Wildman–Crippen MR) is 89.6 cm³/mol. The SMILES string of the molecule is CC(C)C(C)(CN)NC(=O)c1ccc(=O)n(-c2ccccc2)n1. The minimum Gasteiger partial charge on any atom is -0.344 e. The molecule has 0 saturated carbocycles. The summed E-state index contributed by atoms with van der Waals surface area (Å²) in [6.07, 6.45) is 0. The number of hydrogen-bond acceptors (Lipinski definition) is 4. The van der Waals surface area contributed by atoms with Gasteiger partial charge in [-0.1, -0.05) is 32.0 Å². The van der Waals surface area contributed by atoms with Crippen LogP contribution in [0.5, 0.6) is 0 Å². The highest BCUT2D eigenvalue weighted by Crippen LogP contribution is 2.15. The van der Waals surface area contributed by atoms with Crippen LogP contribution in [0.25, 0.3) is 5.69 Å². The van der Waals surface area contributed by atoms with Crippen molar-refractivity contribution in [2.24, 2.45) is 11.7 Å². The van der Waals surface area contributed by atoms with Crippen LogP contribution in [-0.4, -0.2) is 27.8 Å². The van der Waals surface area contributed by atoms with E-state index in [0.717, 1.165) is 0 Å². The molecule has 0 aliphatic heterocycles. The molecular weight excluding hydrogens is 292 g/mol. The van der Waals surface area contributed by atoms with Gasteiger partial charge in [0.2, 0.25) is 0 Å². The zero-order chi connectivity index (χ0) is 17.0. The Hall–Kier alpha value is -2.47. The lowest BCUT2D eigenvalue weighted by Gasteiger charge is -2.33. The Morgan fingerprint density at radius 2 is 1.91 bits per heavy atom. The molecule has 1 aromatic carbocycles. The second-order valence-corrected chi connectivity index (χ2v) is 6.03. The van der Waals surface area contributed by atoms with Gasteiger partial charge in [0.1, 0.15) is 5.69 Å². The third-order valence-corrected chi connectivity index (χ3v) is 4.13. The number of hydrogen-bond donors (Lipinski definition) is 2. The second-order valence-electron chi connectivity index (χ2n) is 6.03. The fourth-order valence-corrected chi connectivity index (χ4v) is 2.04. The van der Waals surface area contributed by atoms with Gasteiger partial charge in [-0.05, 0) is 31.0 Å². The molecule has 0 aliphatic carbocycles. The van der Waals surface area contributed by atoms with Crippen LogP contribution in [-0.2, 0) is 0 Å². The molecule has 1 aromatic heterocycles. The maximum Gasteiger partial charge on any atom is 0.272 e. The van der Waals surface area contributed by atoms with Crippen LogP contribution >= 0.6 is 0 Å². The fourth-order valence-electron chi connectivity index (χ4n) is 2.04. The van der Waals surface area contributed by atoms with E-state index in [-0.39, 0.29) is 23.1 Å². The number of nitrogens with zero attached hydrogens (tertiary/aromatic N) is 2. The number of para-hydroxylation sites is 1. The van der Waals surface area contributed by atoms with Crippen LogP contribution in [0.2, 0.25) is 0 Å². The molecule has 6 heteroatoms. The Morgan fingerprint density at radius 1 is 1.26 bits per heavy atom. The number of carbonyl (C=O) groups is 1. The van der Waals surface area contributed by atoms with Crippen LogP contribution in [0.3, 0.4) is 0 Å². The lowest BCUT2D eigenvalue weighted by molar-refractivity contribution is 0.0876. The fraction of sp³-hybridized carbons (Fsp3) is 0.353. The van der Waals surface area contributed by atoms with Gasteiger partial charge in [-0.25, -0.2) is 0 Å². The highest BCUT2D eigenvalue weighted by atomic mass is 16.2. The predicted octanol–water partition coefficient (Wildman–Crippen LogP) is 1.34. The summed E-state index contributed by atoms with van der Waals surface area (Å²) in [6, 6.07) is 11.7. The molecule has 0 bridgehead atoms. The quantitative estimate of drug-likeness (QED) is 0.871. The first-order valence-corrected chi connectivity index (χ1v) is 7.56. The average Bonchev–Trinajstić information content (AvgIpc) is 2.55. The molecule has 6 nitrogen and oxygen atoms in total. The molecule has 0 spiro atoms. The smallest absolute Gasteiger partial charge is 0.272 e. The summed E-state index contributed by atoms with van der Waals surface area (Å²) < 4.78 is 1.21. The van der Waals surface area contributed by atoms with Crippen molar-refractivity contribution in [1.82, 2.24) is 15.1 Å². The molecule has 3 N–H and O–H groups in total. The summed E-state index contributed by atoms with van der Waals surface area (Å²) in [5, 5.41) is 7.09. The molecule has 122 valence electrons. The maximum absolute atomic E-state index is 12.5. The number of amides is 1. The van der Waals surface area contributed by atoms with Gasteiger partial charge in [-0.2, -0.15) is 9.78 Å². The maximum atomic E-state index is 12.5. The average molecular weight is 314 g/mol. The van der Waals surface area contributed by atoms with Gasteiger partial charge in [-0.15, -0.1) is 0 Å². The minimum atomic E-state index is -0.535. The number of nitrogens with one attached hydrogen (secondary N) is 1. The molecular formula is C17H22N4O2. The Bertz CT molecular complexity index is 740. The largest absolute Gasteiger partial charge is 0.344 e. The summed E-state index contributed by atoms with van der Waals surface area (Å²) in [7, 11) is 0. The van der Waals surface area contributed by atoms with Crippen molar-refractivity contribution in [2.75, 3.05) is 6.54 Å². The first kappa shape index (κ1) is 16.9. The molecule has 1 atom stereocenters. The van der Waals surface area contributed by atoms with Crippen molar-refractivity contribution in [3.8, 4) is 5.69 Å². The van der Waals surface area contributed by atoms with E-state index in [1.54, 1.807) is 24.3 Å². The van der Waals surface area contributed by atoms with Gasteiger partial charge in [-0.3, -0.25) is 9.59 Å². The molecule has 0 radical (unpaired) electrons. The molecule has 2 rings (SSSR count). The molecule has 0 saturated heterocycles. The lowest BCUT2D eigenvalue weighted by Crippen LogP contribution is -2.55. The molecule has 0 aliphatic rings. The highest BCUT2D eigenvalue weighted by Gasteiger charge is 2.29. The van der Waals surface area contributed by atoms with Crippen molar-refractivity contribution in [3.05, 3.63) is 58.5 Å². The number of nitrogens with two attached hydrogens (primary N) is 1. The Labute approximate surface area is 135 Å². The topological polar surface area (TPSA) is 90.0 Å². The van der Waals surface area contributed by atoms with Gasteiger partial charge in [0.15, 0.2) is 0 Å². The van der Waals surface area contributed by atoms with Crippen LogP contribution in [0, 0.1) is 5.92 Å². The van der Waals surface area contributed by atoms with Crippen LogP contribution < -0.4 is 16.6 Å². The van der Waals surface area contributed by atoms with E-state index in [4.69, 9.17) is 5.73 Å². The molecule has 23 heavy (non-hydrogen) atoms. The van der Waals surface area contributed by atoms with E-state index < -0.39 is 5.54 Å². The number of aromatic nitrogens is 2. The van der Waals surface area contributed by atoms with E-state index >= 15 is 0 Å². The zero-order valence-corrected chi connectivity index (χ0v) is 13.6. The highest BCUT2D eigenvalue weighted by molar-refractivity contribution is 5.92. The standard InChI is InChI=1S/C17H22N4O2/c1-12(2)17(3,11-18)19-16(23)14-9-10-15(22)21(20-14)13-7-5-4-6-8-13/h4-10,12H,11,18H2,1-3H3,(H,19,23). The summed E-state index contributed by atoms with van der Waals surface area (Å²) >= 11 is 0. The minimum absolute atomic E-state index is 0.163. The summed E-state index contributed by atoms with van der Waals surface area (Å²) in [4.78, 5) is 24.5.